The van der Waals surface area contributed by atoms with E-state index in [1.807, 2.05) is 0 Å². The van der Waals surface area contributed by atoms with E-state index >= 15 is 0 Å². The van der Waals surface area contributed by atoms with Gasteiger partial charge in [0.25, 0.3) is 0 Å². The van der Waals surface area contributed by atoms with Gasteiger partial charge >= 0.3 is 11.4 Å². The Hall–Kier alpha value is 0.570. The van der Waals surface area contributed by atoms with E-state index < -0.39 is 13.5 Å². The van der Waals surface area contributed by atoms with Crippen molar-refractivity contribution >= 4 is 59.2 Å². The van der Waals surface area contributed by atoms with Gasteiger partial charge in [-0.25, -0.2) is 0 Å². The Balaban J connectivity index is 2.84. The van der Waals surface area contributed by atoms with E-state index in [4.69, 9.17) is 4.55 Å². The van der Waals surface area contributed by atoms with Crippen LogP contribution in [-0.2, 0) is 13.5 Å². The van der Waals surface area contributed by atoms with Crippen LogP contribution in [-0.4, -0.2) is 8.76 Å². The minimum absolute atomic E-state index is 0.339. The molecule has 1 rings (SSSR count). The van der Waals surface area contributed by atoms with Gasteiger partial charge in [-0.05, 0) is 17.7 Å². The van der Waals surface area contributed by atoms with E-state index in [2.05, 4.69) is 52.0 Å². The number of halogens is 3. The van der Waals surface area contributed by atoms with E-state index in [1.54, 1.807) is 24.3 Å². The molecule has 3 nitrogen and oxygen atoms in total. The van der Waals surface area contributed by atoms with Crippen LogP contribution in [0.15, 0.2) is 24.3 Å². The van der Waals surface area contributed by atoms with Crippen LogP contribution in [0, 0.1) is 0 Å². The lowest BCUT2D eigenvalue weighted by atomic mass is 10.2. The molecule has 0 spiro atoms. The molecule has 1 aromatic carbocycles. The number of alkyl halides is 3. The fourth-order valence-electron chi connectivity index (χ4n) is 0.782. The minimum Gasteiger partial charge on any atom is -0.380 e. The lowest BCUT2D eigenvalue weighted by molar-refractivity contribution is 0.458. The zero-order valence-electron chi connectivity index (χ0n) is 6.62. The highest BCUT2D eigenvalue weighted by Crippen LogP contribution is 2.44. The lowest BCUT2D eigenvalue weighted by Crippen LogP contribution is -1.99. The van der Waals surface area contributed by atoms with Crippen molar-refractivity contribution in [2.24, 2.45) is 0 Å². The summed E-state index contributed by atoms with van der Waals surface area (Å²) in [6.07, 6.45) is 0. The van der Waals surface area contributed by atoms with Crippen molar-refractivity contribution in [3.05, 3.63) is 29.8 Å². The summed E-state index contributed by atoms with van der Waals surface area (Å²) in [6.45, 7) is 0. The molecular weight excluding hydrogens is 404 g/mol. The first kappa shape index (κ1) is 12.6. The fourth-order valence-corrected chi connectivity index (χ4v) is 1.85. The summed E-state index contributed by atoms with van der Waals surface area (Å²) in [5.41, 5.74) is 0.911. The first-order valence-electron chi connectivity index (χ1n) is 3.36. The average Bonchev–Trinajstić information content (AvgIpc) is 2.02. The topological polar surface area (TPSA) is 46.5 Å². The van der Waals surface area contributed by atoms with Crippen LogP contribution in [0.25, 0.3) is 0 Å². The highest BCUT2D eigenvalue weighted by atomic mass is 80.0. The molecule has 1 atom stereocenters. The predicted molar refractivity (Wildman–Crippen MR) is 66.3 cm³/mol. The summed E-state index contributed by atoms with van der Waals surface area (Å²) >= 11 is 7.76. The van der Waals surface area contributed by atoms with Gasteiger partial charge in [-0.2, -0.15) is 4.21 Å². The van der Waals surface area contributed by atoms with Gasteiger partial charge in [0.2, 0.25) is 0 Å². The van der Waals surface area contributed by atoms with Crippen LogP contribution in [0.4, 0.5) is 0 Å². The van der Waals surface area contributed by atoms with Crippen LogP contribution in [0.2, 0.25) is 0 Å². The molecule has 0 fully saturated rings. The van der Waals surface area contributed by atoms with Crippen molar-refractivity contribution in [1.82, 2.24) is 0 Å². The van der Waals surface area contributed by atoms with Crippen molar-refractivity contribution in [2.75, 3.05) is 0 Å². The normalized spacial score (nSPS) is 13.7. The van der Waals surface area contributed by atoms with Crippen LogP contribution >= 0.6 is 47.8 Å². The van der Waals surface area contributed by atoms with Gasteiger partial charge in [-0.15, -0.1) is 0 Å². The van der Waals surface area contributed by atoms with Gasteiger partial charge in [0.15, 0.2) is 2.14 Å². The van der Waals surface area contributed by atoms with Crippen molar-refractivity contribution < 1.29 is 12.9 Å². The third-order valence-corrected chi connectivity index (χ3v) is 3.06. The highest BCUT2D eigenvalue weighted by molar-refractivity contribution is 9.38. The van der Waals surface area contributed by atoms with Gasteiger partial charge in [-0.1, -0.05) is 59.9 Å². The van der Waals surface area contributed by atoms with Gasteiger partial charge in [0.05, 0.1) is 0 Å². The number of benzene rings is 1. The van der Waals surface area contributed by atoms with Gasteiger partial charge < -0.3 is 4.18 Å². The molecule has 0 saturated carbocycles. The molecule has 0 aliphatic heterocycles. The summed E-state index contributed by atoms with van der Waals surface area (Å²) in [7, 11) is 0. The van der Waals surface area contributed by atoms with E-state index in [9.17, 15) is 4.21 Å². The summed E-state index contributed by atoms with van der Waals surface area (Å²) in [4.78, 5) is 0. The Morgan fingerprint density at radius 1 is 1.21 bits per heavy atom. The minimum atomic E-state index is -2.28. The second-order valence-corrected chi connectivity index (χ2v) is 9.68. The lowest BCUT2D eigenvalue weighted by Gasteiger charge is -2.12. The maximum atomic E-state index is 10.3. The van der Waals surface area contributed by atoms with Crippen LogP contribution in [0.1, 0.15) is 5.56 Å². The zero-order chi connectivity index (χ0) is 10.8. The maximum absolute atomic E-state index is 10.3. The molecule has 0 aromatic heterocycles. The molecule has 14 heavy (non-hydrogen) atoms. The van der Waals surface area contributed by atoms with Gasteiger partial charge in [0, 0.05) is 0 Å². The van der Waals surface area contributed by atoms with Crippen LogP contribution in [0.3, 0.4) is 0 Å². The molecule has 78 valence electrons. The smallest absolute Gasteiger partial charge is 0.357 e. The Morgan fingerprint density at radius 2 is 1.71 bits per heavy atom. The molecule has 0 radical (unpaired) electrons. The predicted octanol–water partition coefficient (Wildman–Crippen LogP) is 3.50. The SMILES string of the molecule is O=S(O)Oc1ccc(C(Br)(Br)Br)cc1. The Kier molecular flexibility index (Phi) is 4.57. The number of hydrogen-bond donors (Lipinski definition) is 1. The van der Waals surface area contributed by atoms with E-state index in [-0.39, 0.29) is 0 Å². The molecule has 0 saturated heterocycles. The van der Waals surface area contributed by atoms with Crippen molar-refractivity contribution in [3.8, 4) is 5.75 Å². The third kappa shape index (κ3) is 3.98. The molecule has 7 heteroatoms. The molecule has 1 unspecified atom stereocenters. The summed E-state index contributed by atoms with van der Waals surface area (Å²) in [5, 5.41) is 0. The van der Waals surface area contributed by atoms with Crippen molar-refractivity contribution in [1.29, 1.82) is 0 Å². The molecule has 1 aromatic rings. The Labute approximate surface area is 109 Å². The van der Waals surface area contributed by atoms with E-state index in [0.717, 1.165) is 5.56 Å². The zero-order valence-corrected chi connectivity index (χ0v) is 12.2. The second-order valence-electron chi connectivity index (χ2n) is 2.32. The average molecular weight is 409 g/mol. The van der Waals surface area contributed by atoms with E-state index in [1.165, 1.54) is 0 Å². The molecule has 0 amide bonds. The summed E-state index contributed by atoms with van der Waals surface area (Å²) in [5.74, 6) is 0.339. The Bertz CT molecular complexity index is 333. The van der Waals surface area contributed by atoms with Crippen molar-refractivity contribution in [2.45, 2.75) is 2.14 Å². The first-order chi connectivity index (χ1) is 6.39. The molecule has 0 heterocycles. The molecule has 0 aliphatic rings. The van der Waals surface area contributed by atoms with Gasteiger partial charge in [-0.3, -0.25) is 4.55 Å². The van der Waals surface area contributed by atoms with Crippen LogP contribution < -0.4 is 4.18 Å². The summed E-state index contributed by atoms with van der Waals surface area (Å²) < 4.78 is 22.9. The van der Waals surface area contributed by atoms with E-state index in [0.29, 0.717) is 5.75 Å². The fraction of sp³-hybridized carbons (Fsp3) is 0.143. The maximum Gasteiger partial charge on any atom is 0.357 e. The molecule has 1 N–H and O–H groups in total. The first-order valence-corrected chi connectivity index (χ1v) is 6.77. The third-order valence-electron chi connectivity index (χ3n) is 1.35. The quantitative estimate of drug-likeness (QED) is 0.602. The van der Waals surface area contributed by atoms with Gasteiger partial charge in [0.1, 0.15) is 5.75 Å². The number of rotatable bonds is 2. The molecular formula is C7H5Br3O3S. The summed E-state index contributed by atoms with van der Waals surface area (Å²) in [6, 6.07) is 6.70. The second kappa shape index (κ2) is 5.07. The monoisotopic (exact) mass is 406 g/mol. The van der Waals surface area contributed by atoms with Crippen LogP contribution in [0.5, 0.6) is 5.75 Å². The van der Waals surface area contributed by atoms with Crippen molar-refractivity contribution in [3.63, 3.8) is 0 Å². The largest absolute Gasteiger partial charge is 0.380 e. The highest BCUT2D eigenvalue weighted by Gasteiger charge is 2.20. The number of hydrogen-bond acceptors (Lipinski definition) is 2. The standard InChI is InChI=1S/C7H5Br3O3S/c8-7(9,10)5-1-3-6(4-2-5)13-14(11)12/h1-4H,(H,11,12). The molecule has 0 aliphatic carbocycles. The molecule has 0 bridgehead atoms. The Morgan fingerprint density at radius 3 is 2.07 bits per heavy atom.